The van der Waals surface area contributed by atoms with Crippen molar-refractivity contribution in [3.8, 4) is 11.1 Å². The maximum absolute atomic E-state index is 14.6. The highest BCUT2D eigenvalue weighted by molar-refractivity contribution is 6.01. The van der Waals surface area contributed by atoms with Crippen molar-refractivity contribution in [1.82, 2.24) is 19.4 Å². The summed E-state index contributed by atoms with van der Waals surface area (Å²) in [7, 11) is 0. The Bertz CT molecular complexity index is 1100. The molecule has 1 aliphatic heterocycles. The Balaban J connectivity index is 1.69. The van der Waals surface area contributed by atoms with E-state index in [1.165, 1.54) is 12.4 Å². The number of likely N-dealkylation sites (tertiary alicyclic amines) is 1. The zero-order valence-corrected chi connectivity index (χ0v) is 16.5. The SMILES string of the molecule is CC(C)(C)OC(=O)N1CC(n2cc(-c3ccc(N)cc3F)c3c(N)ncnc32)C1. The summed E-state index contributed by atoms with van der Waals surface area (Å²) in [5, 5.41) is 0.576. The van der Waals surface area contributed by atoms with Gasteiger partial charge in [0.25, 0.3) is 0 Å². The number of fused-ring (bicyclic) bond motifs is 1. The second kappa shape index (κ2) is 6.61. The number of ether oxygens (including phenoxy) is 1. The summed E-state index contributed by atoms with van der Waals surface area (Å²) in [5.74, 6) is -0.181. The molecule has 2 aromatic heterocycles. The predicted molar refractivity (Wildman–Crippen MR) is 109 cm³/mol. The van der Waals surface area contributed by atoms with E-state index in [0.29, 0.717) is 40.9 Å². The minimum atomic E-state index is -0.552. The number of halogens is 1. The van der Waals surface area contributed by atoms with Crippen LogP contribution in [0, 0.1) is 5.82 Å². The van der Waals surface area contributed by atoms with E-state index in [4.69, 9.17) is 16.2 Å². The van der Waals surface area contributed by atoms with Gasteiger partial charge in [0.05, 0.1) is 11.4 Å². The quantitative estimate of drug-likeness (QED) is 0.641. The van der Waals surface area contributed by atoms with Crippen LogP contribution in [0.25, 0.3) is 22.2 Å². The molecule has 29 heavy (non-hydrogen) atoms. The lowest BCUT2D eigenvalue weighted by Gasteiger charge is -2.40. The fourth-order valence-electron chi connectivity index (χ4n) is 3.45. The topological polar surface area (TPSA) is 112 Å². The molecule has 4 N–H and O–H groups in total. The first-order valence-electron chi connectivity index (χ1n) is 9.28. The van der Waals surface area contributed by atoms with Crippen molar-refractivity contribution in [3.05, 3.63) is 36.5 Å². The maximum Gasteiger partial charge on any atom is 0.410 e. The van der Waals surface area contributed by atoms with Crippen LogP contribution in [0.15, 0.2) is 30.7 Å². The zero-order valence-electron chi connectivity index (χ0n) is 16.5. The number of amides is 1. The van der Waals surface area contributed by atoms with Gasteiger partial charge in [-0.3, -0.25) is 0 Å². The van der Waals surface area contributed by atoms with Crippen LogP contribution >= 0.6 is 0 Å². The highest BCUT2D eigenvalue weighted by Gasteiger charge is 2.36. The van der Waals surface area contributed by atoms with E-state index in [0.717, 1.165) is 0 Å². The number of aromatic nitrogens is 3. The number of nitrogen functional groups attached to an aromatic ring is 2. The Kier molecular flexibility index (Phi) is 4.33. The van der Waals surface area contributed by atoms with Crippen molar-refractivity contribution in [2.45, 2.75) is 32.4 Å². The van der Waals surface area contributed by atoms with Crippen LogP contribution < -0.4 is 11.5 Å². The Morgan fingerprint density at radius 3 is 2.59 bits per heavy atom. The first kappa shape index (κ1) is 19.0. The normalized spacial score (nSPS) is 14.8. The van der Waals surface area contributed by atoms with Crippen LogP contribution in [0.1, 0.15) is 26.8 Å². The molecule has 1 saturated heterocycles. The van der Waals surface area contributed by atoms with Crippen LogP contribution in [0.3, 0.4) is 0 Å². The van der Waals surface area contributed by atoms with E-state index in [1.807, 2.05) is 25.3 Å². The number of carbonyl (C=O) groups is 1. The van der Waals surface area contributed by atoms with Gasteiger partial charge in [0.15, 0.2) is 0 Å². The van der Waals surface area contributed by atoms with Crippen LogP contribution in [0.5, 0.6) is 0 Å². The van der Waals surface area contributed by atoms with Crippen LogP contribution in [0.2, 0.25) is 0 Å². The van der Waals surface area contributed by atoms with Crippen molar-refractivity contribution < 1.29 is 13.9 Å². The lowest BCUT2D eigenvalue weighted by Crippen LogP contribution is -2.52. The molecule has 8 nitrogen and oxygen atoms in total. The Morgan fingerprint density at radius 2 is 1.93 bits per heavy atom. The number of hydrogen-bond donors (Lipinski definition) is 2. The Labute approximate surface area is 167 Å². The van der Waals surface area contributed by atoms with Gasteiger partial charge in [0, 0.05) is 36.1 Å². The lowest BCUT2D eigenvalue weighted by atomic mass is 10.1. The minimum absolute atomic E-state index is 0.0232. The monoisotopic (exact) mass is 398 g/mol. The second-order valence-electron chi connectivity index (χ2n) is 8.19. The average molecular weight is 398 g/mol. The molecule has 4 rings (SSSR count). The van der Waals surface area contributed by atoms with Gasteiger partial charge in [0.1, 0.15) is 29.2 Å². The van der Waals surface area contributed by atoms with Gasteiger partial charge in [-0.2, -0.15) is 0 Å². The van der Waals surface area contributed by atoms with Crippen LogP contribution in [0.4, 0.5) is 20.7 Å². The molecule has 9 heteroatoms. The van der Waals surface area contributed by atoms with Crippen molar-refractivity contribution in [3.63, 3.8) is 0 Å². The molecule has 1 aromatic carbocycles. The Hall–Kier alpha value is -3.36. The van der Waals surface area contributed by atoms with Crippen LogP contribution in [-0.2, 0) is 4.74 Å². The van der Waals surface area contributed by atoms with E-state index in [1.54, 1.807) is 23.2 Å². The number of carbonyl (C=O) groups excluding carboxylic acids is 1. The number of rotatable bonds is 2. The van der Waals surface area contributed by atoms with Gasteiger partial charge in [-0.15, -0.1) is 0 Å². The zero-order chi connectivity index (χ0) is 20.9. The fourth-order valence-corrected chi connectivity index (χ4v) is 3.45. The molecule has 0 saturated carbocycles. The molecular formula is C20H23FN6O2. The van der Waals surface area contributed by atoms with Crippen LogP contribution in [-0.4, -0.2) is 44.2 Å². The number of anilines is 2. The molecule has 3 aromatic rings. The molecule has 152 valence electrons. The molecule has 3 heterocycles. The van der Waals surface area contributed by atoms with E-state index >= 15 is 0 Å². The summed E-state index contributed by atoms with van der Waals surface area (Å²) in [6.45, 7) is 6.41. The van der Waals surface area contributed by atoms with E-state index in [2.05, 4.69) is 9.97 Å². The Morgan fingerprint density at radius 1 is 1.21 bits per heavy atom. The molecule has 0 unspecified atom stereocenters. The summed E-state index contributed by atoms with van der Waals surface area (Å²) in [5.41, 5.74) is 13.1. The highest BCUT2D eigenvalue weighted by Crippen LogP contribution is 2.37. The third-order valence-electron chi connectivity index (χ3n) is 4.83. The van der Waals surface area contributed by atoms with Crippen molar-refractivity contribution in [2.24, 2.45) is 0 Å². The summed E-state index contributed by atoms with van der Waals surface area (Å²) >= 11 is 0. The van der Waals surface area contributed by atoms with Crippen molar-refractivity contribution in [2.75, 3.05) is 24.6 Å². The fraction of sp³-hybridized carbons (Fsp3) is 0.350. The van der Waals surface area contributed by atoms with Crippen molar-refractivity contribution >= 4 is 28.6 Å². The molecule has 0 bridgehead atoms. The molecule has 1 aliphatic rings. The summed E-state index contributed by atoms with van der Waals surface area (Å²) < 4.78 is 21.9. The lowest BCUT2D eigenvalue weighted by molar-refractivity contribution is 0.00152. The number of nitrogens with zero attached hydrogens (tertiary/aromatic N) is 4. The molecule has 0 aliphatic carbocycles. The number of benzene rings is 1. The van der Waals surface area contributed by atoms with E-state index in [9.17, 15) is 9.18 Å². The molecule has 1 fully saturated rings. The van der Waals surface area contributed by atoms with E-state index in [-0.39, 0.29) is 18.0 Å². The van der Waals surface area contributed by atoms with E-state index < -0.39 is 11.4 Å². The molecule has 0 atom stereocenters. The van der Waals surface area contributed by atoms with Gasteiger partial charge in [-0.05, 0) is 39.0 Å². The largest absolute Gasteiger partial charge is 0.444 e. The summed E-state index contributed by atoms with van der Waals surface area (Å²) in [6, 6.07) is 4.50. The van der Waals surface area contributed by atoms with Gasteiger partial charge in [0.2, 0.25) is 0 Å². The third kappa shape index (κ3) is 3.43. The summed E-state index contributed by atoms with van der Waals surface area (Å²) in [4.78, 5) is 22.3. The third-order valence-corrected chi connectivity index (χ3v) is 4.83. The smallest absolute Gasteiger partial charge is 0.410 e. The molecule has 0 spiro atoms. The van der Waals surface area contributed by atoms with Gasteiger partial charge < -0.3 is 25.7 Å². The van der Waals surface area contributed by atoms with Gasteiger partial charge >= 0.3 is 6.09 Å². The van der Waals surface area contributed by atoms with Gasteiger partial charge in [-0.1, -0.05) is 0 Å². The highest BCUT2D eigenvalue weighted by atomic mass is 19.1. The number of hydrogen-bond acceptors (Lipinski definition) is 6. The minimum Gasteiger partial charge on any atom is -0.444 e. The summed E-state index contributed by atoms with van der Waals surface area (Å²) in [6.07, 6.45) is 2.83. The molecular weight excluding hydrogens is 375 g/mol. The first-order valence-corrected chi connectivity index (χ1v) is 9.28. The standard InChI is InChI=1S/C20H23FN6O2/c1-20(2,3)29-19(28)26-7-12(8-26)27-9-14(13-5-4-11(22)6-15(13)21)16-17(23)24-10-25-18(16)27/h4-6,9-10,12H,7-8,22H2,1-3H3,(H2,23,24,25). The average Bonchev–Trinajstić information content (AvgIpc) is 2.92. The molecule has 1 amide bonds. The maximum atomic E-state index is 14.6. The van der Waals surface area contributed by atoms with Gasteiger partial charge in [-0.25, -0.2) is 19.2 Å². The molecule has 0 radical (unpaired) electrons. The first-order chi connectivity index (χ1) is 13.6. The predicted octanol–water partition coefficient (Wildman–Crippen LogP) is 3.19. The second-order valence-corrected chi connectivity index (χ2v) is 8.19. The number of nitrogens with two attached hydrogens (primary N) is 2. The van der Waals surface area contributed by atoms with Crippen molar-refractivity contribution in [1.29, 1.82) is 0 Å².